The van der Waals surface area contributed by atoms with E-state index in [0.717, 1.165) is 0 Å². The molecular formula is C11H19F3O3. The quantitative estimate of drug-likeness (QED) is 0.768. The van der Waals surface area contributed by atoms with E-state index in [0.29, 0.717) is 0 Å². The number of alkyl halides is 3. The topological polar surface area (TPSA) is 57.5 Å². The number of carboxylic acid groups (broad SMARTS) is 1. The van der Waals surface area contributed by atoms with Crippen LogP contribution < -0.4 is 0 Å². The molecule has 6 heteroatoms. The molecule has 0 aromatic rings. The first-order valence-electron chi connectivity index (χ1n) is 5.49. The van der Waals surface area contributed by atoms with Gasteiger partial charge in [0.1, 0.15) is 0 Å². The zero-order chi connectivity index (χ0) is 13.9. The first-order valence-corrected chi connectivity index (χ1v) is 5.49. The average Bonchev–Trinajstić information content (AvgIpc) is 1.96. The number of aliphatic hydroxyl groups is 1. The summed E-state index contributed by atoms with van der Waals surface area (Å²) in [6.45, 7) is 4.52. The molecule has 0 aromatic heterocycles. The highest BCUT2D eigenvalue weighted by Crippen LogP contribution is 2.32. The van der Waals surface area contributed by atoms with Crippen LogP contribution in [0.3, 0.4) is 0 Å². The third kappa shape index (κ3) is 5.91. The van der Waals surface area contributed by atoms with E-state index in [1.165, 1.54) is 6.92 Å². The molecule has 0 heterocycles. The highest BCUT2D eigenvalue weighted by atomic mass is 19.4. The van der Waals surface area contributed by atoms with Gasteiger partial charge in [0.2, 0.25) is 0 Å². The summed E-state index contributed by atoms with van der Waals surface area (Å²) in [6.07, 6.45) is -5.73. The summed E-state index contributed by atoms with van der Waals surface area (Å²) in [5, 5.41) is 18.9. The van der Waals surface area contributed by atoms with Crippen molar-refractivity contribution in [2.75, 3.05) is 0 Å². The van der Waals surface area contributed by atoms with Crippen LogP contribution in [-0.2, 0) is 4.79 Å². The Hall–Kier alpha value is -0.780. The highest BCUT2D eigenvalue weighted by molar-refractivity contribution is 5.71. The van der Waals surface area contributed by atoms with Crippen molar-refractivity contribution < 1.29 is 28.2 Å². The van der Waals surface area contributed by atoms with Gasteiger partial charge in [-0.25, -0.2) is 0 Å². The maximum absolute atomic E-state index is 12.0. The Balaban J connectivity index is 4.49. The van der Waals surface area contributed by atoms with Crippen molar-refractivity contribution >= 4 is 5.97 Å². The fourth-order valence-electron chi connectivity index (χ4n) is 2.07. The molecule has 3 nitrogen and oxygen atoms in total. The van der Waals surface area contributed by atoms with Gasteiger partial charge in [0, 0.05) is 6.42 Å². The molecule has 0 aliphatic heterocycles. The maximum atomic E-state index is 12.0. The van der Waals surface area contributed by atoms with Gasteiger partial charge < -0.3 is 10.2 Å². The van der Waals surface area contributed by atoms with Gasteiger partial charge in [-0.1, -0.05) is 13.8 Å². The molecule has 0 rings (SSSR count). The Kier molecular flexibility index (Phi) is 5.45. The van der Waals surface area contributed by atoms with Crippen LogP contribution in [0, 0.1) is 11.8 Å². The summed E-state index contributed by atoms with van der Waals surface area (Å²) in [7, 11) is 0. The Labute approximate surface area is 98.6 Å². The molecule has 0 fully saturated rings. The monoisotopic (exact) mass is 256 g/mol. The van der Waals surface area contributed by atoms with Crippen LogP contribution in [-0.4, -0.2) is 28.0 Å². The minimum atomic E-state index is -4.27. The summed E-state index contributed by atoms with van der Waals surface area (Å²) in [5.41, 5.74) is -1.62. The number of carboxylic acids is 1. The van der Waals surface area contributed by atoms with E-state index in [-0.39, 0.29) is 18.8 Å². The van der Waals surface area contributed by atoms with Gasteiger partial charge in [0.05, 0.1) is 11.5 Å². The maximum Gasteiger partial charge on any atom is 0.389 e. The van der Waals surface area contributed by atoms with Crippen molar-refractivity contribution in [1.29, 1.82) is 0 Å². The number of halogens is 3. The Morgan fingerprint density at radius 2 is 1.71 bits per heavy atom. The Morgan fingerprint density at radius 1 is 1.24 bits per heavy atom. The lowest BCUT2D eigenvalue weighted by atomic mass is 9.78. The van der Waals surface area contributed by atoms with E-state index in [1.54, 1.807) is 13.8 Å². The Morgan fingerprint density at radius 3 is 2.00 bits per heavy atom. The molecule has 0 aliphatic rings. The lowest BCUT2D eigenvalue weighted by molar-refractivity contribution is -0.156. The van der Waals surface area contributed by atoms with Crippen molar-refractivity contribution in [2.45, 2.75) is 51.8 Å². The van der Waals surface area contributed by atoms with Crippen molar-refractivity contribution in [3.8, 4) is 0 Å². The van der Waals surface area contributed by atoms with E-state index in [1.807, 2.05) is 0 Å². The van der Waals surface area contributed by atoms with Gasteiger partial charge in [0.25, 0.3) is 0 Å². The van der Waals surface area contributed by atoms with Gasteiger partial charge in [0.15, 0.2) is 0 Å². The largest absolute Gasteiger partial charge is 0.481 e. The summed E-state index contributed by atoms with van der Waals surface area (Å²) >= 11 is 0. The van der Waals surface area contributed by atoms with Crippen molar-refractivity contribution in [3.63, 3.8) is 0 Å². The first-order chi connectivity index (χ1) is 7.47. The minimum absolute atomic E-state index is 0.179. The second-order valence-electron chi connectivity index (χ2n) is 4.89. The second-order valence-corrected chi connectivity index (χ2v) is 4.89. The van der Waals surface area contributed by atoms with Crippen molar-refractivity contribution in [2.24, 2.45) is 11.8 Å². The van der Waals surface area contributed by atoms with Crippen molar-refractivity contribution in [3.05, 3.63) is 0 Å². The fourth-order valence-corrected chi connectivity index (χ4v) is 2.07. The number of carbonyl (C=O) groups is 1. The third-order valence-electron chi connectivity index (χ3n) is 2.75. The van der Waals surface area contributed by atoms with Crippen LogP contribution in [0.2, 0.25) is 0 Å². The predicted molar refractivity (Wildman–Crippen MR) is 56.5 cm³/mol. The number of aliphatic carboxylic acids is 1. The molecule has 0 bridgehead atoms. The molecule has 0 spiro atoms. The second kappa shape index (κ2) is 5.71. The molecule has 0 aliphatic carbocycles. The summed E-state index contributed by atoms with van der Waals surface area (Å²) in [6, 6.07) is 0. The number of hydrogen-bond acceptors (Lipinski definition) is 2. The molecule has 0 amide bonds. The fraction of sp³-hybridized carbons (Fsp3) is 0.909. The van der Waals surface area contributed by atoms with E-state index in [2.05, 4.69) is 0 Å². The van der Waals surface area contributed by atoms with Crippen LogP contribution in [0.4, 0.5) is 13.2 Å². The van der Waals surface area contributed by atoms with Gasteiger partial charge in [-0.05, 0) is 25.7 Å². The molecule has 2 N–H and O–H groups in total. The van der Waals surface area contributed by atoms with Crippen LogP contribution in [0.15, 0.2) is 0 Å². The van der Waals surface area contributed by atoms with E-state index in [4.69, 9.17) is 5.11 Å². The van der Waals surface area contributed by atoms with Gasteiger partial charge in [-0.15, -0.1) is 0 Å². The number of rotatable bonds is 6. The molecule has 2 atom stereocenters. The smallest absolute Gasteiger partial charge is 0.389 e. The van der Waals surface area contributed by atoms with E-state index < -0.39 is 30.1 Å². The van der Waals surface area contributed by atoms with Crippen LogP contribution in [0.5, 0.6) is 0 Å². The summed E-state index contributed by atoms with van der Waals surface area (Å²) in [4.78, 5) is 11.0. The van der Waals surface area contributed by atoms with Gasteiger partial charge in [-0.3, -0.25) is 4.79 Å². The molecular weight excluding hydrogens is 237 g/mol. The van der Waals surface area contributed by atoms with Crippen LogP contribution in [0.1, 0.15) is 40.0 Å². The number of hydrogen-bond donors (Lipinski definition) is 2. The van der Waals surface area contributed by atoms with Gasteiger partial charge >= 0.3 is 12.1 Å². The molecule has 0 radical (unpaired) electrons. The van der Waals surface area contributed by atoms with Gasteiger partial charge in [-0.2, -0.15) is 13.2 Å². The summed E-state index contributed by atoms with van der Waals surface area (Å²) in [5.74, 6) is -2.58. The molecule has 0 saturated carbocycles. The van der Waals surface area contributed by atoms with E-state index in [9.17, 15) is 23.1 Å². The molecule has 0 aromatic carbocycles. The first kappa shape index (κ1) is 16.2. The molecule has 17 heavy (non-hydrogen) atoms. The lowest BCUT2D eigenvalue weighted by Crippen LogP contribution is -2.42. The average molecular weight is 256 g/mol. The van der Waals surface area contributed by atoms with Crippen LogP contribution in [0.25, 0.3) is 0 Å². The lowest BCUT2D eigenvalue weighted by Gasteiger charge is -2.32. The van der Waals surface area contributed by atoms with E-state index >= 15 is 0 Å². The summed E-state index contributed by atoms with van der Waals surface area (Å²) < 4.78 is 35.9. The zero-order valence-electron chi connectivity index (χ0n) is 10.2. The third-order valence-corrected chi connectivity index (χ3v) is 2.75. The predicted octanol–water partition coefficient (Wildman–Crippen LogP) is 2.83. The zero-order valence-corrected chi connectivity index (χ0v) is 10.2. The normalized spacial score (nSPS) is 17.9. The minimum Gasteiger partial charge on any atom is -0.481 e. The SMILES string of the molecule is CC(C)C(C(=O)O)C(C)(O)CCCC(F)(F)F. The standard InChI is InChI=1S/C11H19F3O3/c1-7(2)8(9(15)16)10(3,17)5-4-6-11(12,13)14/h7-8,17H,4-6H2,1-3H3,(H,15,16). The van der Waals surface area contributed by atoms with Crippen molar-refractivity contribution in [1.82, 2.24) is 0 Å². The molecule has 2 unspecified atom stereocenters. The highest BCUT2D eigenvalue weighted by Gasteiger charge is 2.40. The molecule has 0 saturated heterocycles. The van der Waals surface area contributed by atoms with Crippen LogP contribution >= 0.6 is 0 Å². The Bertz CT molecular complexity index is 259. The molecule has 102 valence electrons.